The minimum absolute atomic E-state index is 0. The number of halogens is 3. The third kappa shape index (κ3) is 5.05. The van der Waals surface area contributed by atoms with Crippen LogP contribution >= 0.6 is 0 Å². The summed E-state index contributed by atoms with van der Waals surface area (Å²) < 4.78 is 15.4. The average molecular weight is 565 g/mol. The molecule has 5 nitrogen and oxygen atoms in total. The molecule has 5 N–H and O–H groups in total. The second-order valence-corrected chi connectivity index (χ2v) is 11.7. The zero-order valence-corrected chi connectivity index (χ0v) is 23.4. The minimum atomic E-state index is -0.569. The van der Waals surface area contributed by atoms with Crippen molar-refractivity contribution in [3.05, 3.63) is 65.0 Å². The van der Waals surface area contributed by atoms with Crippen molar-refractivity contribution in [3.63, 3.8) is 0 Å². The first-order chi connectivity index (χ1) is 17.6. The number of hydrogen-bond donors (Lipinski definition) is 3. The molecule has 6 rings (SSSR count). The molecule has 8 heteroatoms. The summed E-state index contributed by atoms with van der Waals surface area (Å²) >= 11 is 0. The van der Waals surface area contributed by atoms with Crippen LogP contribution < -0.4 is 35.4 Å². The fourth-order valence-corrected chi connectivity index (χ4v) is 8.11. The highest BCUT2D eigenvalue weighted by Crippen LogP contribution is 2.44. The summed E-state index contributed by atoms with van der Waals surface area (Å²) in [7, 11) is 0. The highest BCUT2D eigenvalue weighted by molar-refractivity contribution is 5.82. The number of phenolic OH excluding ortho intramolecular Hbond substituents is 1. The van der Waals surface area contributed by atoms with Crippen LogP contribution in [0.3, 0.4) is 0 Å². The summed E-state index contributed by atoms with van der Waals surface area (Å²) in [6, 6.07) is 13.9. The Kier molecular flexibility index (Phi) is 9.29. The third-order valence-electron chi connectivity index (χ3n) is 9.86. The number of piperidine rings is 1. The summed E-state index contributed by atoms with van der Waals surface area (Å²) in [5.41, 5.74) is 2.11. The van der Waals surface area contributed by atoms with Gasteiger partial charge in [0.15, 0.2) is 0 Å². The fraction of sp³-hybridized carbons (Fsp3) is 0.567. The summed E-state index contributed by atoms with van der Waals surface area (Å²) in [5.74, 6) is 0.892. The van der Waals surface area contributed by atoms with Crippen molar-refractivity contribution in [3.8, 4) is 5.75 Å². The molecule has 38 heavy (non-hydrogen) atoms. The number of nitrogens with zero attached hydrogens (tertiary/aromatic N) is 1. The normalized spacial score (nSPS) is 29.3. The molecule has 0 radical (unpaired) electrons. The number of carbonyl (C=O) groups excluding carboxylic acids is 1. The Morgan fingerprint density at radius 1 is 0.974 bits per heavy atom. The zero-order chi connectivity index (χ0) is 24.7. The lowest BCUT2D eigenvalue weighted by Gasteiger charge is -2.47. The van der Waals surface area contributed by atoms with Crippen LogP contribution in [0.4, 0.5) is 4.39 Å². The SMILES string of the molecule is O=C([C@@H]1C[NH2+]C[C@]12C[NH2+]Cc1c(O)ccc(F)c12)N1CC[C@@H](c2ccccc2)C[C@H]1C1CCCCC1.[Cl-].[Cl-]. The number of carbonyl (C=O) groups is 1. The number of quaternary nitrogens is 2. The van der Waals surface area contributed by atoms with Crippen molar-refractivity contribution in [1.82, 2.24) is 4.90 Å². The molecular formula is C30H40Cl2FN3O2. The molecule has 3 aliphatic heterocycles. The number of aromatic hydroxyl groups is 1. The van der Waals surface area contributed by atoms with E-state index in [1.165, 1.54) is 49.8 Å². The van der Waals surface area contributed by atoms with E-state index in [-0.39, 0.29) is 54.2 Å². The Balaban J connectivity index is 0.00000168. The quantitative estimate of drug-likeness (QED) is 0.361. The molecule has 4 aliphatic rings. The summed E-state index contributed by atoms with van der Waals surface area (Å²) in [5, 5.41) is 14.9. The molecule has 2 saturated heterocycles. The van der Waals surface area contributed by atoms with Crippen molar-refractivity contribution in [2.75, 3.05) is 26.2 Å². The van der Waals surface area contributed by atoms with Crippen LogP contribution in [0.5, 0.6) is 5.75 Å². The van der Waals surface area contributed by atoms with Crippen LogP contribution in [0.25, 0.3) is 0 Å². The highest BCUT2D eigenvalue weighted by atomic mass is 35.5. The number of benzene rings is 2. The minimum Gasteiger partial charge on any atom is -1.00 e. The maximum atomic E-state index is 15.4. The Bertz CT molecular complexity index is 1110. The molecule has 0 unspecified atom stereocenters. The molecule has 208 valence electrons. The molecule has 1 amide bonds. The number of likely N-dealkylation sites (tertiary alicyclic amines) is 1. The van der Waals surface area contributed by atoms with E-state index in [0.29, 0.717) is 49.1 Å². The fourth-order valence-electron chi connectivity index (χ4n) is 8.11. The molecule has 3 fully saturated rings. The first-order valence-corrected chi connectivity index (χ1v) is 14.1. The molecule has 2 aromatic rings. The van der Waals surface area contributed by atoms with E-state index in [9.17, 15) is 9.90 Å². The number of amides is 1. The lowest BCUT2D eigenvalue weighted by Crippen LogP contribution is -3.00. The lowest BCUT2D eigenvalue weighted by atomic mass is 9.67. The Labute approximate surface area is 237 Å². The van der Waals surface area contributed by atoms with Gasteiger partial charge in [-0.1, -0.05) is 49.6 Å². The van der Waals surface area contributed by atoms with Gasteiger partial charge in [0.2, 0.25) is 5.91 Å². The number of fused-ring (bicyclic) bond motifs is 2. The number of rotatable bonds is 3. The van der Waals surface area contributed by atoms with E-state index in [4.69, 9.17) is 0 Å². The summed E-state index contributed by atoms with van der Waals surface area (Å²) in [6.45, 7) is 3.43. The van der Waals surface area contributed by atoms with Gasteiger partial charge in [-0.15, -0.1) is 0 Å². The molecule has 2 aromatic carbocycles. The van der Waals surface area contributed by atoms with Gasteiger partial charge < -0.3 is 45.5 Å². The van der Waals surface area contributed by atoms with Crippen molar-refractivity contribution in [2.24, 2.45) is 11.8 Å². The molecule has 3 heterocycles. The van der Waals surface area contributed by atoms with Gasteiger partial charge in [0, 0.05) is 18.2 Å². The van der Waals surface area contributed by atoms with E-state index < -0.39 is 5.41 Å². The van der Waals surface area contributed by atoms with E-state index in [1.54, 1.807) is 0 Å². The van der Waals surface area contributed by atoms with Gasteiger partial charge in [-0.25, -0.2) is 4.39 Å². The van der Waals surface area contributed by atoms with Gasteiger partial charge in [0.05, 0.1) is 25.2 Å². The van der Waals surface area contributed by atoms with Crippen molar-refractivity contribution < 1.29 is 49.7 Å². The maximum Gasteiger partial charge on any atom is 0.233 e. The first-order valence-electron chi connectivity index (χ1n) is 14.1. The van der Waals surface area contributed by atoms with Crippen LogP contribution in [-0.4, -0.2) is 48.1 Å². The van der Waals surface area contributed by atoms with Crippen LogP contribution in [0.1, 0.15) is 67.6 Å². The van der Waals surface area contributed by atoms with E-state index >= 15 is 4.39 Å². The summed E-state index contributed by atoms with van der Waals surface area (Å²) in [6.07, 6.45) is 8.24. The Morgan fingerprint density at radius 2 is 1.71 bits per heavy atom. The highest BCUT2D eigenvalue weighted by Gasteiger charge is 2.58. The van der Waals surface area contributed by atoms with Crippen LogP contribution in [0.2, 0.25) is 0 Å². The maximum absolute atomic E-state index is 15.4. The van der Waals surface area contributed by atoms with E-state index in [1.807, 2.05) is 0 Å². The molecule has 1 aliphatic carbocycles. The number of phenols is 1. The van der Waals surface area contributed by atoms with Crippen LogP contribution in [0.15, 0.2) is 42.5 Å². The lowest BCUT2D eigenvalue weighted by molar-refractivity contribution is -0.691. The van der Waals surface area contributed by atoms with Crippen molar-refractivity contribution in [2.45, 2.75) is 68.9 Å². The monoisotopic (exact) mass is 563 g/mol. The average Bonchev–Trinajstić information content (AvgIpc) is 3.34. The standard InChI is InChI=1S/C30H38FN3O2.2ClH/c31-25-11-12-27(35)23-16-32-18-30(28(23)25)19-33-17-24(30)29(36)34-14-13-22(20-7-3-1-4-8-20)15-26(34)21-9-5-2-6-10-21;;/h1,3-4,7-8,11-12,21-22,24,26,32-33,35H,2,5-6,9-10,13-19H2;2*1H/t22-,24+,26+,30-;;/m1../s1. The zero-order valence-electron chi connectivity index (χ0n) is 21.9. The van der Waals surface area contributed by atoms with Crippen molar-refractivity contribution in [1.29, 1.82) is 0 Å². The largest absolute Gasteiger partial charge is 1.00 e. The molecule has 0 aromatic heterocycles. The second kappa shape index (κ2) is 12.1. The number of nitrogens with two attached hydrogens (primary N) is 2. The van der Waals surface area contributed by atoms with Gasteiger partial charge >= 0.3 is 0 Å². The predicted molar refractivity (Wildman–Crippen MR) is 136 cm³/mol. The smallest absolute Gasteiger partial charge is 0.233 e. The van der Waals surface area contributed by atoms with Gasteiger partial charge in [-0.3, -0.25) is 4.79 Å². The summed E-state index contributed by atoms with van der Waals surface area (Å²) in [4.78, 5) is 16.7. The Morgan fingerprint density at radius 3 is 2.47 bits per heavy atom. The first kappa shape index (κ1) is 29.1. The van der Waals surface area contributed by atoms with Crippen LogP contribution in [-0.2, 0) is 16.8 Å². The molecule has 0 bridgehead atoms. The molecule has 1 spiro atoms. The molecular weight excluding hydrogens is 524 g/mol. The number of hydrogen-bond acceptors (Lipinski definition) is 2. The van der Waals surface area contributed by atoms with Gasteiger partial charge in [-0.05, 0) is 55.2 Å². The van der Waals surface area contributed by atoms with Crippen LogP contribution in [0, 0.1) is 17.7 Å². The Hall–Kier alpha value is -1.86. The third-order valence-corrected chi connectivity index (χ3v) is 9.86. The van der Waals surface area contributed by atoms with Gasteiger partial charge in [0.25, 0.3) is 0 Å². The van der Waals surface area contributed by atoms with E-state index in [0.717, 1.165) is 19.4 Å². The van der Waals surface area contributed by atoms with Crippen molar-refractivity contribution >= 4 is 5.91 Å². The molecule has 1 saturated carbocycles. The van der Waals surface area contributed by atoms with E-state index in [2.05, 4.69) is 45.9 Å². The second-order valence-electron chi connectivity index (χ2n) is 11.7. The molecule has 4 atom stereocenters. The van der Waals surface area contributed by atoms with Gasteiger partial charge in [-0.2, -0.15) is 0 Å². The topological polar surface area (TPSA) is 73.8 Å². The van der Waals surface area contributed by atoms with Gasteiger partial charge in [0.1, 0.15) is 29.4 Å². The predicted octanol–water partition coefficient (Wildman–Crippen LogP) is -3.60.